The van der Waals surface area contributed by atoms with E-state index in [9.17, 15) is 18.0 Å². The molecule has 0 unspecified atom stereocenters. The van der Waals surface area contributed by atoms with Gasteiger partial charge in [-0.3, -0.25) is 9.59 Å². The van der Waals surface area contributed by atoms with Crippen LogP contribution >= 0.6 is 0 Å². The molecule has 34 heavy (non-hydrogen) atoms. The molecule has 0 bridgehead atoms. The third-order valence-electron chi connectivity index (χ3n) is 6.02. The van der Waals surface area contributed by atoms with E-state index < -0.39 is 28.0 Å². The second-order valence-corrected chi connectivity index (χ2v) is 10.5. The van der Waals surface area contributed by atoms with Gasteiger partial charge in [-0.25, -0.2) is 8.42 Å². The van der Waals surface area contributed by atoms with E-state index in [1.807, 2.05) is 25.1 Å². The number of hydrogen-bond acceptors (Lipinski definition) is 6. The first kappa shape index (κ1) is 25.7. The lowest BCUT2D eigenvalue weighted by Crippen LogP contribution is -2.42. The van der Waals surface area contributed by atoms with E-state index in [1.54, 1.807) is 38.3 Å². The van der Waals surface area contributed by atoms with Crippen molar-refractivity contribution in [3.05, 3.63) is 59.2 Å². The van der Waals surface area contributed by atoms with Gasteiger partial charge < -0.3 is 14.8 Å². The number of benzene rings is 2. The standard InChI is InChI=1S/C25H32N2O6S/c1-17-5-10-23(18(2)15-17)34(30,31)27-13-11-21(12-14-27)25(29)33-19(3)24(28)26-16-20-6-8-22(32-4)9-7-20/h5-10,15,19,21H,11-14,16H2,1-4H3,(H,26,28)/t19-/m1/s1. The molecule has 0 radical (unpaired) electrons. The van der Waals surface area contributed by atoms with Crippen molar-refractivity contribution in [2.24, 2.45) is 5.92 Å². The van der Waals surface area contributed by atoms with Crippen LogP contribution in [0.5, 0.6) is 5.75 Å². The Morgan fingerprint density at radius 3 is 2.32 bits per heavy atom. The van der Waals surface area contributed by atoms with Gasteiger partial charge in [0, 0.05) is 19.6 Å². The molecule has 184 valence electrons. The van der Waals surface area contributed by atoms with E-state index in [2.05, 4.69) is 5.32 Å². The van der Waals surface area contributed by atoms with Gasteiger partial charge >= 0.3 is 5.97 Å². The van der Waals surface area contributed by atoms with Crippen LogP contribution in [0.3, 0.4) is 0 Å². The number of ether oxygens (including phenoxy) is 2. The molecule has 1 saturated heterocycles. The molecule has 1 atom stereocenters. The Balaban J connectivity index is 1.49. The average molecular weight is 489 g/mol. The van der Waals surface area contributed by atoms with Gasteiger partial charge in [-0.1, -0.05) is 29.8 Å². The zero-order valence-corrected chi connectivity index (χ0v) is 20.9. The van der Waals surface area contributed by atoms with Crippen LogP contribution in [0.1, 0.15) is 36.5 Å². The number of carbonyl (C=O) groups is 2. The first-order chi connectivity index (χ1) is 16.1. The molecular formula is C25H32N2O6S. The first-order valence-corrected chi connectivity index (χ1v) is 12.7. The first-order valence-electron chi connectivity index (χ1n) is 11.3. The van der Waals surface area contributed by atoms with Crippen LogP contribution in [0, 0.1) is 19.8 Å². The number of rotatable bonds is 8. The summed E-state index contributed by atoms with van der Waals surface area (Å²) >= 11 is 0. The fraction of sp³-hybridized carbons (Fsp3) is 0.440. The van der Waals surface area contributed by atoms with Crippen LogP contribution in [0.2, 0.25) is 0 Å². The molecule has 1 aliphatic heterocycles. The number of amides is 1. The van der Waals surface area contributed by atoms with E-state index >= 15 is 0 Å². The van der Waals surface area contributed by atoms with Crippen molar-refractivity contribution >= 4 is 21.9 Å². The molecule has 1 aliphatic rings. The summed E-state index contributed by atoms with van der Waals surface area (Å²) in [5, 5.41) is 2.75. The summed E-state index contributed by atoms with van der Waals surface area (Å²) in [6.07, 6.45) is -0.241. The van der Waals surface area contributed by atoms with Gasteiger partial charge in [0.25, 0.3) is 5.91 Å². The Labute approximate surface area is 201 Å². The van der Waals surface area contributed by atoms with E-state index in [1.165, 1.54) is 11.2 Å². The van der Waals surface area contributed by atoms with E-state index in [0.717, 1.165) is 16.9 Å². The highest BCUT2D eigenvalue weighted by Crippen LogP contribution is 2.27. The Kier molecular flexibility index (Phi) is 8.33. The van der Waals surface area contributed by atoms with Crippen molar-refractivity contribution in [3.8, 4) is 5.75 Å². The highest BCUT2D eigenvalue weighted by molar-refractivity contribution is 7.89. The number of piperidine rings is 1. The number of aryl methyl sites for hydroxylation is 2. The molecule has 1 amide bonds. The molecule has 0 aliphatic carbocycles. The maximum Gasteiger partial charge on any atom is 0.309 e. The van der Waals surface area contributed by atoms with Crippen LogP contribution in [0.4, 0.5) is 0 Å². The molecule has 1 fully saturated rings. The number of hydrogen-bond donors (Lipinski definition) is 1. The zero-order chi connectivity index (χ0) is 24.9. The summed E-state index contributed by atoms with van der Waals surface area (Å²) in [6.45, 7) is 5.99. The molecule has 0 spiro atoms. The van der Waals surface area contributed by atoms with Crippen LogP contribution in [0.25, 0.3) is 0 Å². The lowest BCUT2D eigenvalue weighted by atomic mass is 9.98. The Hall–Kier alpha value is -2.91. The topological polar surface area (TPSA) is 102 Å². The predicted octanol–water partition coefficient (Wildman–Crippen LogP) is 2.96. The Morgan fingerprint density at radius 2 is 1.74 bits per heavy atom. The summed E-state index contributed by atoms with van der Waals surface area (Å²) in [6, 6.07) is 12.6. The molecule has 1 N–H and O–H groups in total. The molecule has 2 aromatic rings. The largest absolute Gasteiger partial charge is 0.497 e. The molecule has 0 aromatic heterocycles. The quantitative estimate of drug-likeness (QED) is 0.573. The lowest BCUT2D eigenvalue weighted by molar-refractivity contribution is -0.159. The van der Waals surface area contributed by atoms with Crippen molar-refractivity contribution in [1.29, 1.82) is 0 Å². The number of sulfonamides is 1. The van der Waals surface area contributed by atoms with Crippen molar-refractivity contribution in [2.45, 2.75) is 51.2 Å². The minimum Gasteiger partial charge on any atom is -0.497 e. The summed E-state index contributed by atoms with van der Waals surface area (Å²) in [5.74, 6) is -0.581. The normalized spacial score (nSPS) is 16.0. The summed E-state index contributed by atoms with van der Waals surface area (Å²) in [7, 11) is -2.04. The van der Waals surface area contributed by atoms with E-state index in [4.69, 9.17) is 9.47 Å². The maximum absolute atomic E-state index is 13.0. The number of nitrogens with zero attached hydrogens (tertiary/aromatic N) is 1. The summed E-state index contributed by atoms with van der Waals surface area (Å²) in [4.78, 5) is 25.2. The van der Waals surface area contributed by atoms with Crippen LogP contribution in [-0.2, 0) is 30.9 Å². The second-order valence-electron chi connectivity index (χ2n) is 8.59. The third kappa shape index (κ3) is 6.15. The number of carbonyl (C=O) groups excluding carboxylic acids is 2. The number of esters is 1. The molecular weight excluding hydrogens is 456 g/mol. The minimum atomic E-state index is -3.62. The van der Waals surface area contributed by atoms with Crippen LogP contribution in [-0.4, -0.2) is 50.9 Å². The Bertz CT molecular complexity index is 1120. The van der Waals surface area contributed by atoms with Crippen molar-refractivity contribution in [2.75, 3.05) is 20.2 Å². The van der Waals surface area contributed by atoms with E-state index in [0.29, 0.717) is 29.8 Å². The molecule has 3 rings (SSSR count). The van der Waals surface area contributed by atoms with Gasteiger partial charge in [0.05, 0.1) is 17.9 Å². The van der Waals surface area contributed by atoms with Crippen LogP contribution in [0.15, 0.2) is 47.4 Å². The zero-order valence-electron chi connectivity index (χ0n) is 20.0. The van der Waals surface area contributed by atoms with Gasteiger partial charge in [-0.05, 0) is 62.9 Å². The Morgan fingerprint density at radius 1 is 1.09 bits per heavy atom. The van der Waals surface area contributed by atoms with Crippen molar-refractivity contribution in [3.63, 3.8) is 0 Å². The summed E-state index contributed by atoms with van der Waals surface area (Å²) < 4.78 is 38.0. The third-order valence-corrected chi connectivity index (χ3v) is 8.08. The van der Waals surface area contributed by atoms with Gasteiger partial charge in [-0.2, -0.15) is 4.31 Å². The average Bonchev–Trinajstić information content (AvgIpc) is 2.82. The fourth-order valence-corrected chi connectivity index (χ4v) is 5.64. The molecule has 2 aromatic carbocycles. The van der Waals surface area contributed by atoms with Crippen LogP contribution < -0.4 is 10.1 Å². The number of nitrogens with one attached hydrogen (secondary N) is 1. The van der Waals surface area contributed by atoms with Gasteiger partial charge in [-0.15, -0.1) is 0 Å². The second kappa shape index (κ2) is 11.0. The van der Waals surface area contributed by atoms with Crippen molar-refractivity contribution in [1.82, 2.24) is 9.62 Å². The van der Waals surface area contributed by atoms with Gasteiger partial charge in [0.15, 0.2) is 6.10 Å². The molecule has 0 saturated carbocycles. The molecule has 1 heterocycles. The fourth-order valence-electron chi connectivity index (χ4n) is 3.96. The highest BCUT2D eigenvalue weighted by atomic mass is 32.2. The van der Waals surface area contributed by atoms with E-state index in [-0.39, 0.29) is 19.0 Å². The maximum atomic E-state index is 13.0. The summed E-state index contributed by atoms with van der Waals surface area (Å²) in [5.41, 5.74) is 2.60. The lowest BCUT2D eigenvalue weighted by Gasteiger charge is -2.31. The smallest absolute Gasteiger partial charge is 0.309 e. The minimum absolute atomic E-state index is 0.230. The van der Waals surface area contributed by atoms with Gasteiger partial charge in [0.1, 0.15) is 5.75 Å². The predicted molar refractivity (Wildman–Crippen MR) is 128 cm³/mol. The molecule has 9 heteroatoms. The van der Waals surface area contributed by atoms with Gasteiger partial charge in [0.2, 0.25) is 10.0 Å². The monoisotopic (exact) mass is 488 g/mol. The SMILES string of the molecule is COc1ccc(CNC(=O)[C@@H](C)OC(=O)C2CCN(S(=O)(=O)c3ccc(C)cc3C)CC2)cc1. The number of methoxy groups -OCH3 is 1. The van der Waals surface area contributed by atoms with Crippen molar-refractivity contribution < 1.29 is 27.5 Å². The highest BCUT2D eigenvalue weighted by Gasteiger charge is 2.34. The molecule has 8 nitrogen and oxygen atoms in total.